The number of carbonyl (C=O) groups excluding carboxylic acids is 1. The van der Waals surface area contributed by atoms with Crippen LogP contribution in [0.4, 0.5) is 0 Å². The van der Waals surface area contributed by atoms with Crippen LogP contribution < -0.4 is 5.32 Å². The highest BCUT2D eigenvalue weighted by Crippen LogP contribution is 2.13. The maximum Gasteiger partial charge on any atom is 0.303 e. The SMILES string of the molecule is CC(C)(CCC(=O)O)NC(=O)c1ccc(CO)cc1. The Morgan fingerprint density at radius 2 is 1.79 bits per heavy atom. The van der Waals surface area contributed by atoms with E-state index in [1.807, 2.05) is 0 Å². The predicted molar refractivity (Wildman–Crippen MR) is 70.8 cm³/mol. The number of aliphatic hydroxyl groups excluding tert-OH is 1. The molecule has 1 rings (SSSR count). The molecule has 3 N–H and O–H groups in total. The summed E-state index contributed by atoms with van der Waals surface area (Å²) < 4.78 is 0. The molecule has 1 amide bonds. The van der Waals surface area contributed by atoms with Crippen LogP contribution in [0.15, 0.2) is 24.3 Å². The number of carboxylic acids is 1. The molecule has 0 heterocycles. The number of hydrogen-bond acceptors (Lipinski definition) is 3. The zero-order chi connectivity index (χ0) is 14.5. The van der Waals surface area contributed by atoms with Crippen LogP contribution in [-0.2, 0) is 11.4 Å². The van der Waals surface area contributed by atoms with Crippen molar-refractivity contribution >= 4 is 11.9 Å². The lowest BCUT2D eigenvalue weighted by Gasteiger charge is -2.25. The number of benzene rings is 1. The van der Waals surface area contributed by atoms with Crippen molar-refractivity contribution in [3.8, 4) is 0 Å². The Kier molecular flexibility index (Phi) is 5.06. The molecule has 0 aliphatic rings. The molecule has 1 aromatic rings. The normalized spacial score (nSPS) is 11.1. The Hall–Kier alpha value is -1.88. The van der Waals surface area contributed by atoms with Crippen LogP contribution in [0.3, 0.4) is 0 Å². The summed E-state index contributed by atoms with van der Waals surface area (Å²) >= 11 is 0. The molecule has 0 atom stereocenters. The van der Waals surface area contributed by atoms with E-state index in [9.17, 15) is 9.59 Å². The summed E-state index contributed by atoms with van der Waals surface area (Å²) in [5.74, 6) is -1.13. The van der Waals surface area contributed by atoms with Crippen LogP contribution in [0.2, 0.25) is 0 Å². The number of nitrogens with one attached hydrogen (secondary N) is 1. The third kappa shape index (κ3) is 5.09. The Labute approximate surface area is 112 Å². The highest BCUT2D eigenvalue weighted by molar-refractivity contribution is 5.94. The summed E-state index contributed by atoms with van der Waals surface area (Å²) in [4.78, 5) is 22.5. The van der Waals surface area contributed by atoms with Gasteiger partial charge in [0.15, 0.2) is 0 Å². The van der Waals surface area contributed by atoms with Crippen LogP contribution in [0.25, 0.3) is 0 Å². The first-order chi connectivity index (χ1) is 8.84. The van der Waals surface area contributed by atoms with E-state index in [-0.39, 0.29) is 18.9 Å². The second kappa shape index (κ2) is 6.33. The summed E-state index contributed by atoms with van der Waals surface area (Å²) in [5.41, 5.74) is 0.646. The average Bonchev–Trinajstić information content (AvgIpc) is 2.36. The molecule has 1 aromatic carbocycles. The van der Waals surface area contributed by atoms with Gasteiger partial charge in [0.05, 0.1) is 6.61 Å². The molecule has 0 spiro atoms. The number of amides is 1. The average molecular weight is 265 g/mol. The number of carboxylic acid groups (broad SMARTS) is 1. The van der Waals surface area contributed by atoms with Crippen molar-refractivity contribution in [3.63, 3.8) is 0 Å². The van der Waals surface area contributed by atoms with E-state index in [1.54, 1.807) is 38.1 Å². The zero-order valence-corrected chi connectivity index (χ0v) is 11.1. The van der Waals surface area contributed by atoms with Gasteiger partial charge < -0.3 is 15.5 Å². The fourth-order valence-electron chi connectivity index (χ4n) is 1.62. The topological polar surface area (TPSA) is 86.6 Å². The summed E-state index contributed by atoms with van der Waals surface area (Å²) in [7, 11) is 0. The highest BCUT2D eigenvalue weighted by atomic mass is 16.4. The van der Waals surface area contributed by atoms with E-state index < -0.39 is 11.5 Å². The lowest BCUT2D eigenvalue weighted by Crippen LogP contribution is -2.43. The van der Waals surface area contributed by atoms with Gasteiger partial charge in [-0.3, -0.25) is 9.59 Å². The molecular weight excluding hydrogens is 246 g/mol. The Bertz CT molecular complexity index is 451. The van der Waals surface area contributed by atoms with E-state index in [4.69, 9.17) is 10.2 Å². The van der Waals surface area contributed by atoms with Crippen LogP contribution in [0, 0.1) is 0 Å². The third-order valence-electron chi connectivity index (χ3n) is 2.81. The minimum absolute atomic E-state index is 0.0106. The summed E-state index contributed by atoms with van der Waals surface area (Å²) in [6.45, 7) is 3.51. The predicted octanol–water partition coefficient (Wildman–Crippen LogP) is 1.55. The van der Waals surface area contributed by atoms with Crippen LogP contribution in [-0.4, -0.2) is 27.6 Å². The van der Waals surface area contributed by atoms with Gasteiger partial charge in [0.1, 0.15) is 0 Å². The van der Waals surface area contributed by atoms with Gasteiger partial charge in [0.25, 0.3) is 5.91 Å². The molecule has 0 radical (unpaired) electrons. The second-order valence-electron chi connectivity index (χ2n) is 5.09. The Balaban J connectivity index is 2.64. The maximum atomic E-state index is 12.0. The smallest absolute Gasteiger partial charge is 0.303 e. The number of hydrogen-bond donors (Lipinski definition) is 3. The molecule has 104 valence electrons. The molecule has 0 bridgehead atoms. The van der Waals surface area contributed by atoms with Crippen molar-refractivity contribution in [2.24, 2.45) is 0 Å². The molecule has 19 heavy (non-hydrogen) atoms. The number of aliphatic carboxylic acids is 1. The number of aliphatic hydroxyl groups is 1. The van der Waals surface area contributed by atoms with Crippen molar-refractivity contribution in [2.45, 2.75) is 38.8 Å². The van der Waals surface area contributed by atoms with Crippen LogP contribution in [0.5, 0.6) is 0 Å². The lowest BCUT2D eigenvalue weighted by molar-refractivity contribution is -0.137. The number of carbonyl (C=O) groups is 2. The van der Waals surface area contributed by atoms with Gasteiger partial charge in [0.2, 0.25) is 0 Å². The van der Waals surface area contributed by atoms with Crippen molar-refractivity contribution in [2.75, 3.05) is 0 Å². The van der Waals surface area contributed by atoms with Crippen molar-refractivity contribution in [1.82, 2.24) is 5.32 Å². The quantitative estimate of drug-likeness (QED) is 0.728. The van der Waals surface area contributed by atoms with Gasteiger partial charge in [-0.05, 0) is 38.0 Å². The van der Waals surface area contributed by atoms with Gasteiger partial charge >= 0.3 is 5.97 Å². The highest BCUT2D eigenvalue weighted by Gasteiger charge is 2.22. The van der Waals surface area contributed by atoms with Gasteiger partial charge in [-0.15, -0.1) is 0 Å². The van der Waals surface area contributed by atoms with Crippen LogP contribution >= 0.6 is 0 Å². The maximum absolute atomic E-state index is 12.0. The molecule has 0 aliphatic heterocycles. The summed E-state index contributed by atoms with van der Waals surface area (Å²) in [6.07, 6.45) is 0.375. The molecule has 0 fully saturated rings. The minimum atomic E-state index is -0.880. The fraction of sp³-hybridized carbons (Fsp3) is 0.429. The molecule has 5 heteroatoms. The van der Waals surface area contributed by atoms with E-state index in [0.717, 1.165) is 5.56 Å². The van der Waals surface area contributed by atoms with Crippen molar-refractivity contribution in [3.05, 3.63) is 35.4 Å². The van der Waals surface area contributed by atoms with Gasteiger partial charge in [-0.2, -0.15) is 0 Å². The first kappa shape index (κ1) is 15.2. The summed E-state index contributed by atoms with van der Waals surface area (Å²) in [6, 6.07) is 6.63. The molecular formula is C14H19NO4. The Morgan fingerprint density at radius 1 is 1.21 bits per heavy atom. The zero-order valence-electron chi connectivity index (χ0n) is 11.1. The van der Waals surface area contributed by atoms with E-state index >= 15 is 0 Å². The molecule has 0 unspecified atom stereocenters. The first-order valence-corrected chi connectivity index (χ1v) is 6.08. The van der Waals surface area contributed by atoms with Crippen molar-refractivity contribution < 1.29 is 19.8 Å². The number of rotatable bonds is 6. The van der Waals surface area contributed by atoms with E-state index in [2.05, 4.69) is 5.32 Å². The molecule has 5 nitrogen and oxygen atoms in total. The van der Waals surface area contributed by atoms with E-state index in [0.29, 0.717) is 12.0 Å². The van der Waals surface area contributed by atoms with Gasteiger partial charge in [-0.1, -0.05) is 12.1 Å². The fourth-order valence-corrected chi connectivity index (χ4v) is 1.62. The molecule has 0 saturated carbocycles. The van der Waals surface area contributed by atoms with Gasteiger partial charge in [-0.25, -0.2) is 0 Å². The second-order valence-corrected chi connectivity index (χ2v) is 5.09. The minimum Gasteiger partial charge on any atom is -0.481 e. The largest absolute Gasteiger partial charge is 0.481 e. The van der Waals surface area contributed by atoms with Gasteiger partial charge in [0, 0.05) is 17.5 Å². The van der Waals surface area contributed by atoms with Crippen LogP contribution in [0.1, 0.15) is 42.6 Å². The van der Waals surface area contributed by atoms with E-state index in [1.165, 1.54) is 0 Å². The van der Waals surface area contributed by atoms with Crippen molar-refractivity contribution in [1.29, 1.82) is 0 Å². The monoisotopic (exact) mass is 265 g/mol. The molecule has 0 aromatic heterocycles. The molecule has 0 saturated heterocycles. The third-order valence-corrected chi connectivity index (χ3v) is 2.81. The summed E-state index contributed by atoms with van der Waals surface area (Å²) in [5, 5.41) is 20.4. The first-order valence-electron chi connectivity index (χ1n) is 6.08. The lowest BCUT2D eigenvalue weighted by atomic mass is 9.97. The Morgan fingerprint density at radius 3 is 2.26 bits per heavy atom. The molecule has 0 aliphatic carbocycles. The standard InChI is InChI=1S/C14H19NO4/c1-14(2,8-7-12(17)18)15-13(19)11-5-3-10(9-16)4-6-11/h3-6,16H,7-9H2,1-2H3,(H,15,19)(H,17,18).